The summed E-state index contributed by atoms with van der Waals surface area (Å²) in [5.74, 6) is -0.602. The fourth-order valence-corrected chi connectivity index (χ4v) is 5.98. The van der Waals surface area contributed by atoms with E-state index in [4.69, 9.17) is 9.47 Å². The van der Waals surface area contributed by atoms with Gasteiger partial charge in [-0.3, -0.25) is 19.5 Å². The molecule has 10 heteroatoms. The van der Waals surface area contributed by atoms with Crippen LogP contribution in [0.4, 0.5) is 9.18 Å². The number of hydrogen-bond donors (Lipinski definition) is 2. The predicted octanol–water partition coefficient (Wildman–Crippen LogP) is 3.02. The molecule has 0 saturated carbocycles. The van der Waals surface area contributed by atoms with Gasteiger partial charge in [-0.15, -0.1) is 0 Å². The van der Waals surface area contributed by atoms with Gasteiger partial charge >= 0.3 is 6.03 Å². The molecule has 37 heavy (non-hydrogen) atoms. The normalized spacial score (nSPS) is 24.0. The Balaban J connectivity index is 1.46. The molecule has 9 nitrogen and oxygen atoms in total. The first-order chi connectivity index (χ1) is 17.8. The fraction of sp³-hybridized carbons (Fsp3) is 0.407. The van der Waals surface area contributed by atoms with Crippen LogP contribution in [0.25, 0.3) is 10.9 Å². The van der Waals surface area contributed by atoms with Gasteiger partial charge in [-0.05, 0) is 36.2 Å². The highest BCUT2D eigenvalue weighted by Gasteiger charge is 2.60. The second-order valence-corrected chi connectivity index (χ2v) is 10.1. The minimum absolute atomic E-state index is 0.0531. The molecule has 4 heterocycles. The highest BCUT2D eigenvalue weighted by molar-refractivity contribution is 6.08. The number of carbonyl (C=O) groups is 2. The number of urea groups is 1. The highest BCUT2D eigenvalue weighted by atomic mass is 19.1. The number of benzene rings is 2. The molecule has 0 radical (unpaired) electrons. The van der Waals surface area contributed by atoms with Crippen LogP contribution in [0.3, 0.4) is 0 Å². The number of halogens is 1. The van der Waals surface area contributed by atoms with Gasteiger partial charge in [0.05, 0.1) is 20.3 Å². The second-order valence-electron chi connectivity index (χ2n) is 10.1. The summed E-state index contributed by atoms with van der Waals surface area (Å²) in [6, 6.07) is 8.65. The topological polar surface area (TPSA) is 98.3 Å². The Kier molecular flexibility index (Phi) is 5.61. The molecular weight excluding hydrogens is 479 g/mol. The summed E-state index contributed by atoms with van der Waals surface area (Å²) in [6.07, 6.45) is 0.269. The molecule has 3 aromatic rings. The molecule has 3 aliphatic rings. The number of aromatic hydroxyl groups is 1. The van der Waals surface area contributed by atoms with E-state index < -0.39 is 17.4 Å². The lowest BCUT2D eigenvalue weighted by molar-refractivity contribution is -0.133. The van der Waals surface area contributed by atoms with E-state index in [-0.39, 0.29) is 36.4 Å². The van der Waals surface area contributed by atoms with E-state index >= 15 is 0 Å². The molecule has 2 fully saturated rings. The predicted molar refractivity (Wildman–Crippen MR) is 133 cm³/mol. The highest BCUT2D eigenvalue weighted by Crippen LogP contribution is 2.49. The van der Waals surface area contributed by atoms with E-state index in [9.17, 15) is 19.1 Å². The number of amides is 3. The van der Waals surface area contributed by atoms with Crippen molar-refractivity contribution in [3.05, 3.63) is 59.0 Å². The molecule has 3 aliphatic heterocycles. The number of phenolic OH excluding ortho intramolecular Hbond substituents is 1. The van der Waals surface area contributed by atoms with Crippen molar-refractivity contribution >= 4 is 22.8 Å². The Labute approximate surface area is 213 Å². The molecule has 194 valence electrons. The van der Waals surface area contributed by atoms with Gasteiger partial charge < -0.3 is 19.6 Å². The molecule has 2 aromatic carbocycles. The summed E-state index contributed by atoms with van der Waals surface area (Å²) in [7, 11) is 1.41. The van der Waals surface area contributed by atoms with Crippen LogP contribution in [-0.4, -0.2) is 88.8 Å². The lowest BCUT2D eigenvalue weighted by atomic mass is 9.81. The number of aromatic amines is 1. The molecule has 2 N–H and O–H groups in total. The number of fused-ring (bicyclic) bond motifs is 4. The van der Waals surface area contributed by atoms with Gasteiger partial charge in [-0.2, -0.15) is 0 Å². The molecular formula is C27H29FN4O5. The number of H-pyrrole nitrogens is 1. The average molecular weight is 509 g/mol. The van der Waals surface area contributed by atoms with E-state index in [0.717, 1.165) is 24.0 Å². The van der Waals surface area contributed by atoms with Crippen LogP contribution in [0.2, 0.25) is 0 Å². The monoisotopic (exact) mass is 508 g/mol. The maximum absolute atomic E-state index is 14.6. The van der Waals surface area contributed by atoms with E-state index in [1.54, 1.807) is 36.1 Å². The zero-order valence-electron chi connectivity index (χ0n) is 20.8. The van der Waals surface area contributed by atoms with E-state index in [2.05, 4.69) is 9.88 Å². The number of phenols is 1. The van der Waals surface area contributed by atoms with Gasteiger partial charge in [-0.1, -0.05) is 12.1 Å². The third-order valence-electron chi connectivity index (χ3n) is 7.87. The lowest BCUT2D eigenvalue weighted by Gasteiger charge is -2.42. The smallest absolute Gasteiger partial charge is 0.328 e. The van der Waals surface area contributed by atoms with Crippen molar-refractivity contribution < 1.29 is 28.6 Å². The Bertz CT molecular complexity index is 1400. The summed E-state index contributed by atoms with van der Waals surface area (Å²) in [5, 5.41) is 11.0. The average Bonchev–Trinajstić information content (AvgIpc) is 3.32. The number of ether oxygens (including phenoxy) is 2. The van der Waals surface area contributed by atoms with Crippen molar-refractivity contribution in [2.45, 2.75) is 24.9 Å². The third-order valence-corrected chi connectivity index (χ3v) is 7.87. The first-order valence-corrected chi connectivity index (χ1v) is 12.4. The van der Waals surface area contributed by atoms with Gasteiger partial charge in [-0.25, -0.2) is 9.18 Å². The SMILES string of the molecule is COc1cc2c3c([nH]c2cc1F)C(c1cccc(O)c1)N1C(=O)N(CCN2CCOCC2)C(=O)C1(C)C3. The molecule has 1 aromatic heterocycles. The van der Waals surface area contributed by atoms with Crippen LogP contribution in [0, 0.1) is 5.82 Å². The lowest BCUT2D eigenvalue weighted by Crippen LogP contribution is -2.53. The molecule has 3 amide bonds. The number of imide groups is 1. The minimum atomic E-state index is -1.15. The molecule has 0 aliphatic carbocycles. The van der Waals surface area contributed by atoms with Crippen molar-refractivity contribution in [3.63, 3.8) is 0 Å². The molecule has 0 bridgehead atoms. The summed E-state index contributed by atoms with van der Waals surface area (Å²) in [4.78, 5) is 36.3. The number of carbonyl (C=O) groups excluding carboxylic acids is 2. The van der Waals surface area contributed by atoms with Crippen LogP contribution in [0.5, 0.6) is 11.5 Å². The summed E-state index contributed by atoms with van der Waals surface area (Å²) in [6.45, 7) is 5.45. The zero-order valence-corrected chi connectivity index (χ0v) is 20.8. The maximum Gasteiger partial charge on any atom is 0.328 e. The number of nitrogens with zero attached hydrogens (tertiary/aromatic N) is 3. The van der Waals surface area contributed by atoms with Crippen molar-refractivity contribution in [2.75, 3.05) is 46.5 Å². The quantitative estimate of drug-likeness (QED) is 0.515. The number of hydrogen-bond acceptors (Lipinski definition) is 6. The molecule has 6 rings (SSSR count). The first-order valence-electron chi connectivity index (χ1n) is 12.4. The van der Waals surface area contributed by atoms with Crippen LogP contribution < -0.4 is 4.74 Å². The van der Waals surface area contributed by atoms with E-state index in [0.29, 0.717) is 36.5 Å². The standard InChI is InChI=1S/C27H29FN4O5/c1-27-15-19-18-13-22(36-2)20(28)14-21(18)29-23(19)24(16-4-3-5-17(33)12-16)32(27)26(35)31(25(27)34)7-6-30-8-10-37-11-9-30/h3-5,12-14,24,29,33H,6-11,15H2,1-2H3. The Morgan fingerprint density at radius 2 is 1.97 bits per heavy atom. The largest absolute Gasteiger partial charge is 0.508 e. The van der Waals surface area contributed by atoms with Crippen LogP contribution in [-0.2, 0) is 16.0 Å². The number of methoxy groups -OCH3 is 1. The van der Waals surface area contributed by atoms with E-state index in [1.807, 2.05) is 6.07 Å². The van der Waals surface area contributed by atoms with Crippen molar-refractivity contribution in [2.24, 2.45) is 0 Å². The molecule has 2 atom stereocenters. The Morgan fingerprint density at radius 3 is 2.70 bits per heavy atom. The van der Waals surface area contributed by atoms with Crippen molar-refractivity contribution in [1.82, 2.24) is 19.7 Å². The van der Waals surface area contributed by atoms with E-state index in [1.165, 1.54) is 18.1 Å². The summed E-state index contributed by atoms with van der Waals surface area (Å²) in [5.41, 5.74) is 1.59. The van der Waals surface area contributed by atoms with Crippen molar-refractivity contribution in [1.29, 1.82) is 0 Å². The summed E-state index contributed by atoms with van der Waals surface area (Å²) >= 11 is 0. The maximum atomic E-state index is 14.6. The zero-order chi connectivity index (χ0) is 25.9. The third kappa shape index (κ3) is 3.66. The molecule has 0 spiro atoms. The second kappa shape index (κ2) is 8.74. The molecule has 2 unspecified atom stereocenters. The molecule has 2 saturated heterocycles. The number of nitrogens with one attached hydrogen (secondary N) is 1. The number of rotatable bonds is 5. The van der Waals surface area contributed by atoms with Gasteiger partial charge in [0.15, 0.2) is 11.6 Å². The summed E-state index contributed by atoms with van der Waals surface area (Å²) < 4.78 is 25.2. The number of aromatic nitrogens is 1. The van der Waals surface area contributed by atoms with Gasteiger partial charge in [0.2, 0.25) is 0 Å². The van der Waals surface area contributed by atoms with Crippen LogP contribution in [0.15, 0.2) is 36.4 Å². The minimum Gasteiger partial charge on any atom is -0.508 e. The Morgan fingerprint density at radius 1 is 1.19 bits per heavy atom. The van der Waals surface area contributed by atoms with Crippen LogP contribution >= 0.6 is 0 Å². The van der Waals surface area contributed by atoms with Gasteiger partial charge in [0.25, 0.3) is 5.91 Å². The Hall–Kier alpha value is -3.63. The number of morpholine rings is 1. The first kappa shape index (κ1) is 23.7. The van der Waals surface area contributed by atoms with Crippen LogP contribution in [0.1, 0.15) is 29.8 Å². The van der Waals surface area contributed by atoms with Gasteiger partial charge in [0.1, 0.15) is 17.3 Å². The fourth-order valence-electron chi connectivity index (χ4n) is 5.98. The van der Waals surface area contributed by atoms with Gasteiger partial charge in [0, 0.05) is 55.3 Å². The van der Waals surface area contributed by atoms with Crippen molar-refractivity contribution in [3.8, 4) is 11.5 Å².